The van der Waals surface area contributed by atoms with E-state index in [-0.39, 0.29) is 5.91 Å². The van der Waals surface area contributed by atoms with Gasteiger partial charge in [0.15, 0.2) is 0 Å². The Morgan fingerprint density at radius 3 is 2.75 bits per heavy atom. The Balaban J connectivity index is 1.69. The zero-order valence-corrected chi connectivity index (χ0v) is 12.3. The lowest BCUT2D eigenvalue weighted by atomic mass is 9.85. The highest BCUT2D eigenvalue weighted by Gasteiger charge is 2.25. The number of rotatable bonds is 4. The zero-order chi connectivity index (χ0) is 13.9. The third kappa shape index (κ3) is 2.75. The van der Waals surface area contributed by atoms with Crippen LogP contribution in [0.4, 0.5) is 0 Å². The number of hydrogen-bond acceptors (Lipinski definition) is 2. The molecule has 0 aromatic carbocycles. The van der Waals surface area contributed by atoms with Gasteiger partial charge in [0, 0.05) is 25.8 Å². The first-order chi connectivity index (χ1) is 9.75. The highest BCUT2D eigenvalue weighted by atomic mass is 16.2. The number of nitrogens with zero attached hydrogens (tertiary/aromatic N) is 2. The Morgan fingerprint density at radius 1 is 1.35 bits per heavy atom. The number of carbonyl (C=O) groups is 1. The summed E-state index contributed by atoms with van der Waals surface area (Å²) in [5, 5.41) is 3.38. The van der Waals surface area contributed by atoms with Crippen LogP contribution in [0.5, 0.6) is 0 Å². The van der Waals surface area contributed by atoms with Gasteiger partial charge in [-0.15, -0.1) is 0 Å². The largest absolute Gasteiger partial charge is 0.340 e. The van der Waals surface area contributed by atoms with Gasteiger partial charge in [-0.2, -0.15) is 0 Å². The van der Waals surface area contributed by atoms with E-state index in [0.29, 0.717) is 6.04 Å². The summed E-state index contributed by atoms with van der Waals surface area (Å²) in [6.07, 6.45) is 8.20. The number of carbonyl (C=O) groups excluding carboxylic acids is 1. The van der Waals surface area contributed by atoms with Crippen molar-refractivity contribution in [1.29, 1.82) is 0 Å². The Bertz CT molecular complexity index is 458. The summed E-state index contributed by atoms with van der Waals surface area (Å²) in [5.41, 5.74) is 0.860. The van der Waals surface area contributed by atoms with Crippen molar-refractivity contribution >= 4 is 5.91 Å². The molecule has 1 aliphatic carbocycles. The Hall–Kier alpha value is -1.29. The fraction of sp³-hybridized carbons (Fsp3) is 0.688. The van der Waals surface area contributed by atoms with E-state index in [1.807, 2.05) is 24.1 Å². The second kappa shape index (κ2) is 6.00. The van der Waals surface area contributed by atoms with Crippen molar-refractivity contribution in [3.8, 4) is 0 Å². The molecule has 0 unspecified atom stereocenters. The van der Waals surface area contributed by atoms with Crippen LogP contribution in [0.3, 0.4) is 0 Å². The molecule has 4 heteroatoms. The predicted molar refractivity (Wildman–Crippen MR) is 79.9 cm³/mol. The third-order valence-corrected chi connectivity index (χ3v) is 4.80. The molecule has 4 nitrogen and oxygen atoms in total. The molecule has 110 valence electrons. The molecule has 3 rings (SSSR count). The van der Waals surface area contributed by atoms with Crippen molar-refractivity contribution in [2.75, 3.05) is 26.7 Å². The van der Waals surface area contributed by atoms with Crippen molar-refractivity contribution in [2.24, 2.45) is 5.92 Å². The number of nitrogens with one attached hydrogen (secondary N) is 1. The number of piperidine rings is 1. The summed E-state index contributed by atoms with van der Waals surface area (Å²) >= 11 is 0. The van der Waals surface area contributed by atoms with Gasteiger partial charge >= 0.3 is 0 Å². The lowest BCUT2D eigenvalue weighted by Crippen LogP contribution is -2.36. The molecule has 0 bridgehead atoms. The maximum Gasteiger partial charge on any atom is 0.270 e. The molecule has 1 aliphatic heterocycles. The van der Waals surface area contributed by atoms with Crippen LogP contribution in [-0.4, -0.2) is 42.1 Å². The lowest BCUT2D eigenvalue weighted by Gasteiger charge is -2.31. The Labute approximate surface area is 121 Å². The predicted octanol–water partition coefficient (Wildman–Crippen LogP) is 2.28. The number of amides is 1. The molecule has 2 aliphatic rings. The third-order valence-electron chi connectivity index (χ3n) is 4.80. The van der Waals surface area contributed by atoms with Gasteiger partial charge < -0.3 is 14.8 Å². The first-order valence-electron chi connectivity index (χ1n) is 7.88. The standard InChI is InChI=1S/C16H25N3O/c1-18(12-13-4-2-5-13)16(20)15-6-3-11-19(15)14-7-9-17-10-8-14/h3,6,11,13-14,17H,2,4-5,7-10,12H2,1H3. The van der Waals surface area contributed by atoms with Crippen LogP contribution >= 0.6 is 0 Å². The molecule has 1 saturated heterocycles. The van der Waals surface area contributed by atoms with Crippen LogP contribution in [0.15, 0.2) is 18.3 Å². The average molecular weight is 275 g/mol. The first-order valence-corrected chi connectivity index (χ1v) is 7.88. The molecule has 1 aromatic heterocycles. The molecule has 2 fully saturated rings. The van der Waals surface area contributed by atoms with Crippen molar-refractivity contribution < 1.29 is 4.79 Å². The van der Waals surface area contributed by atoms with E-state index < -0.39 is 0 Å². The van der Waals surface area contributed by atoms with Crippen LogP contribution in [0.25, 0.3) is 0 Å². The molecule has 1 aromatic rings. The lowest BCUT2D eigenvalue weighted by molar-refractivity contribution is 0.0731. The van der Waals surface area contributed by atoms with Crippen molar-refractivity contribution in [2.45, 2.75) is 38.1 Å². The maximum atomic E-state index is 12.6. The van der Waals surface area contributed by atoms with E-state index in [1.54, 1.807) is 0 Å². The molecule has 0 radical (unpaired) electrons. The molecule has 1 saturated carbocycles. The normalized spacial score (nSPS) is 20.6. The molecule has 20 heavy (non-hydrogen) atoms. The molecule has 2 heterocycles. The highest BCUT2D eigenvalue weighted by molar-refractivity contribution is 5.92. The van der Waals surface area contributed by atoms with Crippen molar-refractivity contribution in [1.82, 2.24) is 14.8 Å². The minimum Gasteiger partial charge on any atom is -0.340 e. The van der Waals surface area contributed by atoms with Crippen LogP contribution < -0.4 is 5.32 Å². The first kappa shape index (κ1) is 13.7. The van der Waals surface area contributed by atoms with Gasteiger partial charge in [0.1, 0.15) is 5.69 Å². The summed E-state index contributed by atoms with van der Waals surface area (Å²) in [6, 6.07) is 4.45. The monoisotopic (exact) mass is 275 g/mol. The van der Waals surface area contributed by atoms with E-state index in [0.717, 1.165) is 44.1 Å². The maximum absolute atomic E-state index is 12.6. The molecule has 0 spiro atoms. The minimum absolute atomic E-state index is 0.181. The fourth-order valence-corrected chi connectivity index (χ4v) is 3.32. The highest BCUT2D eigenvalue weighted by Crippen LogP contribution is 2.27. The smallest absolute Gasteiger partial charge is 0.270 e. The second-order valence-electron chi connectivity index (χ2n) is 6.26. The number of hydrogen-bond donors (Lipinski definition) is 1. The van der Waals surface area contributed by atoms with Gasteiger partial charge in [0.05, 0.1) is 0 Å². The second-order valence-corrected chi connectivity index (χ2v) is 6.26. The van der Waals surface area contributed by atoms with Gasteiger partial charge in [-0.05, 0) is 56.8 Å². The van der Waals surface area contributed by atoms with Crippen molar-refractivity contribution in [3.63, 3.8) is 0 Å². The summed E-state index contributed by atoms with van der Waals surface area (Å²) < 4.78 is 2.19. The summed E-state index contributed by atoms with van der Waals surface area (Å²) in [5.74, 6) is 0.909. The van der Waals surface area contributed by atoms with E-state index in [4.69, 9.17) is 0 Å². The van der Waals surface area contributed by atoms with Gasteiger partial charge in [-0.3, -0.25) is 4.79 Å². The van der Waals surface area contributed by atoms with Crippen LogP contribution in [0.1, 0.15) is 48.6 Å². The fourth-order valence-electron chi connectivity index (χ4n) is 3.32. The van der Waals surface area contributed by atoms with E-state index in [2.05, 4.69) is 16.1 Å². The zero-order valence-electron chi connectivity index (χ0n) is 12.3. The van der Waals surface area contributed by atoms with E-state index >= 15 is 0 Å². The molecule has 0 atom stereocenters. The quantitative estimate of drug-likeness (QED) is 0.915. The molecular weight excluding hydrogens is 250 g/mol. The van der Waals surface area contributed by atoms with E-state index in [1.165, 1.54) is 19.3 Å². The van der Waals surface area contributed by atoms with Gasteiger partial charge in [-0.25, -0.2) is 0 Å². The van der Waals surface area contributed by atoms with Gasteiger partial charge in [0.2, 0.25) is 0 Å². The van der Waals surface area contributed by atoms with Crippen LogP contribution in [0.2, 0.25) is 0 Å². The summed E-state index contributed by atoms with van der Waals surface area (Å²) in [6.45, 7) is 3.01. The minimum atomic E-state index is 0.181. The summed E-state index contributed by atoms with van der Waals surface area (Å²) in [7, 11) is 1.94. The van der Waals surface area contributed by atoms with Gasteiger partial charge in [-0.1, -0.05) is 6.42 Å². The van der Waals surface area contributed by atoms with Crippen LogP contribution in [-0.2, 0) is 0 Å². The van der Waals surface area contributed by atoms with E-state index in [9.17, 15) is 4.79 Å². The molecule has 1 amide bonds. The van der Waals surface area contributed by atoms with Crippen LogP contribution in [0, 0.1) is 5.92 Å². The topological polar surface area (TPSA) is 37.3 Å². The Kier molecular flexibility index (Phi) is 4.10. The molecular formula is C16H25N3O. The Morgan fingerprint density at radius 2 is 2.10 bits per heavy atom. The number of aromatic nitrogens is 1. The van der Waals surface area contributed by atoms with Crippen molar-refractivity contribution in [3.05, 3.63) is 24.0 Å². The average Bonchev–Trinajstić information content (AvgIpc) is 2.92. The molecule has 1 N–H and O–H groups in total. The van der Waals surface area contributed by atoms with Gasteiger partial charge in [0.25, 0.3) is 5.91 Å². The summed E-state index contributed by atoms with van der Waals surface area (Å²) in [4.78, 5) is 14.5. The SMILES string of the molecule is CN(CC1CCC1)C(=O)c1cccn1C1CCNCC1.